The van der Waals surface area contributed by atoms with Crippen molar-refractivity contribution in [1.82, 2.24) is 14.9 Å². The van der Waals surface area contributed by atoms with Gasteiger partial charge < -0.3 is 9.84 Å². The molecular weight excluding hydrogens is 294 g/mol. The van der Waals surface area contributed by atoms with Crippen molar-refractivity contribution in [2.24, 2.45) is 5.41 Å². The van der Waals surface area contributed by atoms with Crippen LogP contribution in [0.3, 0.4) is 0 Å². The molecular formula is C13H23N3O4S. The lowest BCUT2D eigenvalue weighted by Gasteiger charge is -2.51. The fourth-order valence-corrected chi connectivity index (χ4v) is 4.51. The second kappa shape index (κ2) is 5.68. The van der Waals surface area contributed by atoms with E-state index in [4.69, 9.17) is 4.74 Å². The molecule has 0 amide bonds. The number of hydrogen-bond donors (Lipinski definition) is 3. The molecule has 3 N–H and O–H groups in total. The van der Waals surface area contributed by atoms with Crippen LogP contribution in [0.15, 0.2) is 4.90 Å². The third-order valence-corrected chi connectivity index (χ3v) is 5.90. The first kappa shape index (κ1) is 16.4. The van der Waals surface area contributed by atoms with E-state index in [-0.39, 0.29) is 28.2 Å². The molecule has 1 aliphatic rings. The lowest BCUT2D eigenvalue weighted by molar-refractivity contribution is -0.108. The van der Waals surface area contributed by atoms with Crippen molar-refractivity contribution in [1.29, 1.82) is 0 Å². The summed E-state index contributed by atoms with van der Waals surface area (Å²) in [7, 11) is -3.72. The van der Waals surface area contributed by atoms with Gasteiger partial charge in [-0.25, -0.2) is 13.1 Å². The van der Waals surface area contributed by atoms with Gasteiger partial charge in [-0.15, -0.1) is 0 Å². The molecule has 21 heavy (non-hydrogen) atoms. The van der Waals surface area contributed by atoms with Crippen LogP contribution in [0.2, 0.25) is 0 Å². The van der Waals surface area contributed by atoms with E-state index in [1.165, 1.54) is 0 Å². The van der Waals surface area contributed by atoms with Gasteiger partial charge in [0, 0.05) is 18.1 Å². The smallest absolute Gasteiger partial charge is 0.244 e. The summed E-state index contributed by atoms with van der Waals surface area (Å²) in [6.45, 7) is 7.71. The molecule has 120 valence electrons. The maximum absolute atomic E-state index is 12.5. The maximum Gasteiger partial charge on any atom is 0.244 e. The third kappa shape index (κ3) is 2.85. The van der Waals surface area contributed by atoms with E-state index in [1.807, 2.05) is 20.8 Å². The average Bonchev–Trinajstić information content (AvgIpc) is 2.79. The van der Waals surface area contributed by atoms with Gasteiger partial charge in [-0.2, -0.15) is 5.10 Å². The van der Waals surface area contributed by atoms with Gasteiger partial charge in [-0.1, -0.05) is 13.8 Å². The van der Waals surface area contributed by atoms with Crippen LogP contribution in [0.5, 0.6) is 0 Å². The Hall–Kier alpha value is -0.960. The zero-order chi connectivity index (χ0) is 15.8. The predicted octanol–water partition coefficient (Wildman–Crippen LogP) is 0.692. The highest BCUT2D eigenvalue weighted by molar-refractivity contribution is 7.89. The number of H-pyrrole nitrogens is 1. The first-order chi connectivity index (χ1) is 9.74. The SMILES string of the molecule is CCOC1CC(NS(=O)(=O)c2c(CO)n[nH]c2C)C1(C)C. The molecule has 2 unspecified atom stereocenters. The van der Waals surface area contributed by atoms with E-state index < -0.39 is 16.6 Å². The zero-order valence-electron chi connectivity index (χ0n) is 12.8. The summed E-state index contributed by atoms with van der Waals surface area (Å²) in [6, 6.07) is -0.195. The number of nitrogens with one attached hydrogen (secondary N) is 2. The van der Waals surface area contributed by atoms with Crippen molar-refractivity contribution >= 4 is 10.0 Å². The lowest BCUT2D eigenvalue weighted by atomic mass is 9.65. The zero-order valence-corrected chi connectivity index (χ0v) is 13.6. The van der Waals surface area contributed by atoms with Crippen molar-refractivity contribution < 1.29 is 18.3 Å². The Morgan fingerprint density at radius 2 is 2.19 bits per heavy atom. The molecule has 0 saturated heterocycles. The molecule has 1 heterocycles. The second-order valence-electron chi connectivity index (χ2n) is 5.96. The van der Waals surface area contributed by atoms with Crippen LogP contribution < -0.4 is 4.72 Å². The van der Waals surface area contributed by atoms with E-state index in [9.17, 15) is 13.5 Å². The minimum atomic E-state index is -3.72. The molecule has 7 nitrogen and oxygen atoms in total. The summed E-state index contributed by atoms with van der Waals surface area (Å²) in [4.78, 5) is 0.0423. The molecule has 1 fully saturated rings. The van der Waals surface area contributed by atoms with Crippen molar-refractivity contribution in [3.8, 4) is 0 Å². The standard InChI is InChI=1S/C13H23N3O4S/c1-5-20-11-6-10(13(11,3)4)16-21(18,19)12-8(2)14-15-9(12)7-17/h10-11,16-17H,5-7H2,1-4H3,(H,14,15). The molecule has 1 saturated carbocycles. The molecule has 0 spiro atoms. The van der Waals surface area contributed by atoms with Gasteiger partial charge in [0.1, 0.15) is 10.6 Å². The van der Waals surface area contributed by atoms with E-state index in [0.717, 1.165) is 0 Å². The van der Waals surface area contributed by atoms with Gasteiger partial charge in [-0.3, -0.25) is 5.10 Å². The Bertz CT molecular complexity index is 609. The highest BCUT2D eigenvalue weighted by atomic mass is 32.2. The van der Waals surface area contributed by atoms with Crippen LogP contribution in [0.1, 0.15) is 38.6 Å². The molecule has 2 atom stereocenters. The number of aliphatic hydroxyl groups excluding tert-OH is 1. The predicted molar refractivity (Wildman–Crippen MR) is 77.2 cm³/mol. The molecule has 0 radical (unpaired) electrons. The number of sulfonamides is 1. The minimum Gasteiger partial charge on any atom is -0.390 e. The lowest BCUT2D eigenvalue weighted by Crippen LogP contribution is -2.62. The van der Waals surface area contributed by atoms with Gasteiger partial charge in [-0.05, 0) is 20.3 Å². The van der Waals surface area contributed by atoms with Crippen molar-refractivity contribution in [2.75, 3.05) is 6.61 Å². The Kier molecular flexibility index (Phi) is 4.44. The molecule has 1 aromatic heterocycles. The van der Waals surface area contributed by atoms with Crippen molar-refractivity contribution in [3.05, 3.63) is 11.4 Å². The van der Waals surface area contributed by atoms with Crippen molar-refractivity contribution in [2.45, 2.75) is 57.8 Å². The van der Waals surface area contributed by atoms with E-state index in [0.29, 0.717) is 18.7 Å². The molecule has 1 aromatic rings. The number of aromatic nitrogens is 2. The number of ether oxygens (including phenoxy) is 1. The van der Waals surface area contributed by atoms with Crippen LogP contribution in [0, 0.1) is 12.3 Å². The summed E-state index contributed by atoms with van der Waals surface area (Å²) in [5.74, 6) is 0. The highest BCUT2D eigenvalue weighted by Gasteiger charge is 2.50. The van der Waals surface area contributed by atoms with Crippen LogP contribution in [-0.2, 0) is 21.4 Å². The van der Waals surface area contributed by atoms with Crippen LogP contribution in [-0.4, -0.2) is 42.5 Å². The number of nitrogens with zero attached hydrogens (tertiary/aromatic N) is 1. The Labute approximate surface area is 125 Å². The van der Waals surface area contributed by atoms with Gasteiger partial charge in [0.15, 0.2) is 0 Å². The van der Waals surface area contributed by atoms with Gasteiger partial charge in [0.05, 0.1) is 18.4 Å². The maximum atomic E-state index is 12.5. The first-order valence-corrected chi connectivity index (χ1v) is 8.51. The summed E-state index contributed by atoms with van der Waals surface area (Å²) < 4.78 is 33.4. The minimum absolute atomic E-state index is 0.0423. The molecule has 0 bridgehead atoms. The molecule has 8 heteroatoms. The Balaban J connectivity index is 2.18. The van der Waals surface area contributed by atoms with Gasteiger partial charge in [0.2, 0.25) is 10.0 Å². The summed E-state index contributed by atoms with van der Waals surface area (Å²) in [5, 5.41) is 15.6. The van der Waals surface area contributed by atoms with E-state index in [2.05, 4.69) is 14.9 Å². The van der Waals surface area contributed by atoms with Crippen LogP contribution >= 0.6 is 0 Å². The Morgan fingerprint density at radius 1 is 1.52 bits per heavy atom. The van der Waals surface area contributed by atoms with Gasteiger partial charge in [0.25, 0.3) is 0 Å². The second-order valence-corrected chi connectivity index (χ2v) is 7.61. The van der Waals surface area contributed by atoms with Crippen molar-refractivity contribution in [3.63, 3.8) is 0 Å². The third-order valence-electron chi connectivity index (χ3n) is 4.22. The van der Waals surface area contributed by atoms with Gasteiger partial charge >= 0.3 is 0 Å². The molecule has 0 aliphatic heterocycles. The number of aliphatic hydroxyl groups is 1. The number of rotatable bonds is 6. The fraction of sp³-hybridized carbons (Fsp3) is 0.769. The Morgan fingerprint density at radius 3 is 2.71 bits per heavy atom. The number of aromatic amines is 1. The fourth-order valence-electron chi connectivity index (χ4n) is 2.75. The molecule has 0 aromatic carbocycles. The monoisotopic (exact) mass is 317 g/mol. The highest BCUT2D eigenvalue weighted by Crippen LogP contribution is 2.43. The van der Waals surface area contributed by atoms with Crippen LogP contribution in [0.25, 0.3) is 0 Å². The normalized spacial score (nSPS) is 24.8. The summed E-state index contributed by atoms with van der Waals surface area (Å²) >= 11 is 0. The topological polar surface area (TPSA) is 104 Å². The summed E-state index contributed by atoms with van der Waals surface area (Å²) in [6.07, 6.45) is 0.698. The largest absolute Gasteiger partial charge is 0.390 e. The number of hydrogen-bond acceptors (Lipinski definition) is 5. The van der Waals surface area contributed by atoms with Crippen LogP contribution in [0.4, 0.5) is 0 Å². The molecule has 2 rings (SSSR count). The number of aryl methyl sites for hydroxylation is 1. The summed E-state index contributed by atoms with van der Waals surface area (Å²) in [5.41, 5.74) is 0.295. The molecule has 1 aliphatic carbocycles. The van der Waals surface area contributed by atoms with E-state index >= 15 is 0 Å². The quantitative estimate of drug-likeness (QED) is 0.716. The van der Waals surface area contributed by atoms with E-state index in [1.54, 1.807) is 6.92 Å². The first-order valence-electron chi connectivity index (χ1n) is 7.02. The average molecular weight is 317 g/mol.